The minimum absolute atomic E-state index is 0.258. The van der Waals surface area contributed by atoms with Crippen molar-refractivity contribution in [1.82, 2.24) is 0 Å². The zero-order valence-corrected chi connectivity index (χ0v) is 12.2. The Bertz CT molecular complexity index is 674. The molecule has 19 heavy (non-hydrogen) atoms. The highest BCUT2D eigenvalue weighted by Gasteiger charge is 2.47. The molecule has 1 nitrogen and oxygen atoms in total. The summed E-state index contributed by atoms with van der Waals surface area (Å²) in [6.07, 6.45) is 0. The first-order valence-corrected chi connectivity index (χ1v) is 7.30. The lowest BCUT2D eigenvalue weighted by molar-refractivity contribution is -0.120. The van der Waals surface area contributed by atoms with Gasteiger partial charge in [0.2, 0.25) is 0 Å². The molecule has 1 aliphatic carbocycles. The monoisotopic (exact) mass is 268 g/mol. The fourth-order valence-electron chi connectivity index (χ4n) is 2.70. The molecule has 1 aromatic carbocycles. The Balaban J connectivity index is 2.21. The molecule has 0 saturated carbocycles. The van der Waals surface area contributed by atoms with E-state index in [0.29, 0.717) is 0 Å². The Labute approximate surface area is 117 Å². The van der Waals surface area contributed by atoms with Gasteiger partial charge in [-0.15, -0.1) is 11.3 Å². The summed E-state index contributed by atoms with van der Waals surface area (Å²) in [5.41, 5.74) is 4.11. The zero-order valence-electron chi connectivity index (χ0n) is 11.4. The minimum Gasteiger partial charge on any atom is -0.293 e. The molecule has 0 unspecified atom stereocenters. The lowest BCUT2D eigenvalue weighted by Gasteiger charge is -2.39. The van der Waals surface area contributed by atoms with Crippen molar-refractivity contribution in [3.63, 3.8) is 0 Å². The van der Waals surface area contributed by atoms with Crippen LogP contribution in [0.3, 0.4) is 0 Å². The van der Waals surface area contributed by atoms with Gasteiger partial charge in [-0.3, -0.25) is 4.79 Å². The van der Waals surface area contributed by atoms with Crippen LogP contribution in [0.2, 0.25) is 0 Å². The van der Waals surface area contributed by atoms with Crippen LogP contribution >= 0.6 is 11.3 Å². The third kappa shape index (κ3) is 1.79. The predicted molar refractivity (Wildman–Crippen MR) is 81.1 cm³/mol. The Morgan fingerprint density at radius 2 is 1.79 bits per heavy atom. The number of thiophene rings is 1. The molecule has 2 aromatic rings. The van der Waals surface area contributed by atoms with Gasteiger partial charge in [0.25, 0.3) is 0 Å². The number of hydrogen-bond acceptors (Lipinski definition) is 2. The Hall–Kier alpha value is -1.67. The normalized spacial score (nSPS) is 17.5. The number of allylic oxidation sites excluding steroid dienone is 2. The number of ketones is 1. The average molecular weight is 268 g/mol. The quantitative estimate of drug-likeness (QED) is 0.779. The Morgan fingerprint density at radius 3 is 2.37 bits per heavy atom. The third-order valence-corrected chi connectivity index (χ3v) is 4.77. The molecule has 2 heteroatoms. The van der Waals surface area contributed by atoms with E-state index in [-0.39, 0.29) is 11.2 Å². The SMILES string of the molecule is Cc1csc(C2=C(c3ccccc3)C(C)(C)C2=O)c1. The van der Waals surface area contributed by atoms with E-state index in [1.165, 1.54) is 11.1 Å². The van der Waals surface area contributed by atoms with E-state index in [4.69, 9.17) is 0 Å². The van der Waals surface area contributed by atoms with Gasteiger partial charge in [0.15, 0.2) is 5.78 Å². The summed E-state index contributed by atoms with van der Waals surface area (Å²) in [5, 5.41) is 2.10. The summed E-state index contributed by atoms with van der Waals surface area (Å²) >= 11 is 1.66. The highest BCUT2D eigenvalue weighted by molar-refractivity contribution is 7.12. The van der Waals surface area contributed by atoms with Gasteiger partial charge in [0.05, 0.1) is 5.41 Å². The van der Waals surface area contributed by atoms with Gasteiger partial charge in [-0.05, 0) is 48.9 Å². The van der Waals surface area contributed by atoms with Crippen molar-refractivity contribution < 1.29 is 4.79 Å². The van der Waals surface area contributed by atoms with Gasteiger partial charge in [-0.25, -0.2) is 0 Å². The number of Topliss-reactive ketones (excluding diaryl/α,β-unsaturated/α-hetero) is 1. The second-order valence-electron chi connectivity index (χ2n) is 5.56. The molecule has 0 bridgehead atoms. The summed E-state index contributed by atoms with van der Waals surface area (Å²) in [6.45, 7) is 6.10. The maximum atomic E-state index is 12.4. The highest BCUT2D eigenvalue weighted by Crippen LogP contribution is 2.53. The van der Waals surface area contributed by atoms with Crippen LogP contribution in [-0.4, -0.2) is 5.78 Å². The average Bonchev–Trinajstić information content (AvgIpc) is 2.82. The van der Waals surface area contributed by atoms with Crippen LogP contribution in [0.5, 0.6) is 0 Å². The largest absolute Gasteiger partial charge is 0.293 e. The molecule has 0 radical (unpaired) electrons. The molecule has 1 aromatic heterocycles. The van der Waals surface area contributed by atoms with Crippen molar-refractivity contribution in [2.24, 2.45) is 5.41 Å². The first-order valence-electron chi connectivity index (χ1n) is 6.42. The molecule has 96 valence electrons. The van der Waals surface area contributed by atoms with Crippen molar-refractivity contribution >= 4 is 28.3 Å². The van der Waals surface area contributed by atoms with Gasteiger partial charge in [-0.1, -0.05) is 30.3 Å². The number of carbonyl (C=O) groups excluding carboxylic acids is 1. The predicted octanol–water partition coefficient (Wildman–Crippen LogP) is 4.58. The summed E-state index contributed by atoms with van der Waals surface area (Å²) < 4.78 is 0. The number of carbonyl (C=O) groups is 1. The van der Waals surface area contributed by atoms with E-state index in [9.17, 15) is 4.79 Å². The van der Waals surface area contributed by atoms with Crippen LogP contribution in [0.1, 0.15) is 29.9 Å². The van der Waals surface area contributed by atoms with Gasteiger partial charge in [0, 0.05) is 10.5 Å². The lowest BCUT2D eigenvalue weighted by Crippen LogP contribution is -2.37. The molecule has 0 saturated heterocycles. The fraction of sp³-hybridized carbons (Fsp3) is 0.235. The van der Waals surface area contributed by atoms with Crippen molar-refractivity contribution in [1.29, 1.82) is 0 Å². The first kappa shape index (κ1) is 12.4. The number of benzene rings is 1. The molecule has 0 atom stereocenters. The maximum Gasteiger partial charge on any atom is 0.174 e. The molecule has 1 heterocycles. The molecule has 1 aliphatic rings. The van der Waals surface area contributed by atoms with Gasteiger partial charge < -0.3 is 0 Å². The van der Waals surface area contributed by atoms with Gasteiger partial charge >= 0.3 is 0 Å². The molecule has 0 fully saturated rings. The molecule has 0 aliphatic heterocycles. The maximum absolute atomic E-state index is 12.4. The van der Waals surface area contributed by atoms with Crippen molar-refractivity contribution in [2.75, 3.05) is 0 Å². The van der Waals surface area contributed by atoms with Crippen LogP contribution < -0.4 is 0 Å². The van der Waals surface area contributed by atoms with Crippen LogP contribution in [0.15, 0.2) is 41.8 Å². The topological polar surface area (TPSA) is 17.1 Å². The summed E-state index contributed by atoms with van der Waals surface area (Å²) in [5.74, 6) is 0.258. The van der Waals surface area contributed by atoms with E-state index < -0.39 is 0 Å². The fourth-order valence-corrected chi connectivity index (χ4v) is 3.64. The zero-order chi connectivity index (χ0) is 13.6. The smallest absolute Gasteiger partial charge is 0.174 e. The third-order valence-electron chi connectivity index (χ3n) is 3.71. The Morgan fingerprint density at radius 1 is 1.11 bits per heavy atom. The molecule has 3 rings (SSSR count). The van der Waals surface area contributed by atoms with E-state index >= 15 is 0 Å². The molecule has 0 N–H and O–H groups in total. The van der Waals surface area contributed by atoms with Crippen LogP contribution in [0.25, 0.3) is 11.1 Å². The van der Waals surface area contributed by atoms with E-state index in [1.807, 2.05) is 32.0 Å². The molecule has 0 spiro atoms. The number of hydrogen-bond donors (Lipinski definition) is 0. The van der Waals surface area contributed by atoms with Crippen molar-refractivity contribution in [3.05, 3.63) is 57.8 Å². The Kier molecular flexibility index (Phi) is 2.72. The van der Waals surface area contributed by atoms with Crippen LogP contribution in [0.4, 0.5) is 0 Å². The number of rotatable bonds is 2. The summed E-state index contributed by atoms with van der Waals surface area (Å²) in [6, 6.07) is 12.3. The summed E-state index contributed by atoms with van der Waals surface area (Å²) in [4.78, 5) is 13.5. The summed E-state index contributed by atoms with van der Waals surface area (Å²) in [7, 11) is 0. The van der Waals surface area contributed by atoms with Crippen molar-refractivity contribution in [3.8, 4) is 0 Å². The molecule has 0 amide bonds. The number of aryl methyl sites for hydroxylation is 1. The van der Waals surface area contributed by atoms with E-state index in [0.717, 1.165) is 16.0 Å². The first-order chi connectivity index (χ1) is 9.01. The lowest BCUT2D eigenvalue weighted by atomic mass is 9.62. The van der Waals surface area contributed by atoms with E-state index in [2.05, 4.69) is 30.5 Å². The van der Waals surface area contributed by atoms with Gasteiger partial charge in [-0.2, -0.15) is 0 Å². The molecular weight excluding hydrogens is 252 g/mol. The molecular formula is C17H16OS. The van der Waals surface area contributed by atoms with Crippen LogP contribution in [-0.2, 0) is 4.79 Å². The van der Waals surface area contributed by atoms with E-state index in [1.54, 1.807) is 11.3 Å². The van der Waals surface area contributed by atoms with Crippen molar-refractivity contribution in [2.45, 2.75) is 20.8 Å². The highest BCUT2D eigenvalue weighted by atomic mass is 32.1. The van der Waals surface area contributed by atoms with Crippen LogP contribution in [0, 0.1) is 12.3 Å². The second-order valence-corrected chi connectivity index (χ2v) is 6.47. The minimum atomic E-state index is -0.366. The van der Waals surface area contributed by atoms with Gasteiger partial charge in [0.1, 0.15) is 0 Å². The second kappa shape index (κ2) is 4.17. The standard InChI is InChI=1S/C17H16OS/c1-11-9-13(19-10-11)14-15(17(2,3)16(14)18)12-7-5-4-6-8-12/h4-10H,1-3H3.